The number of carbonyl (C=O) groups is 1. The monoisotopic (exact) mass is 312 g/mol. The Labute approximate surface area is 137 Å². The van der Waals surface area contributed by atoms with Crippen LogP contribution in [0.25, 0.3) is 11.3 Å². The topological polar surface area (TPSA) is 59.5 Å². The van der Waals surface area contributed by atoms with Crippen molar-refractivity contribution in [1.29, 1.82) is 0 Å². The summed E-state index contributed by atoms with van der Waals surface area (Å²) in [6.45, 7) is 6.22. The van der Waals surface area contributed by atoms with Crippen LogP contribution in [0.5, 0.6) is 0 Å². The van der Waals surface area contributed by atoms with E-state index >= 15 is 0 Å². The fourth-order valence-corrected chi connectivity index (χ4v) is 3.51. The van der Waals surface area contributed by atoms with Crippen molar-refractivity contribution < 1.29 is 9.21 Å². The minimum atomic E-state index is -0.0101. The Morgan fingerprint density at radius 1 is 1.17 bits per heavy atom. The van der Waals surface area contributed by atoms with Crippen molar-refractivity contribution in [2.75, 3.05) is 5.73 Å². The van der Waals surface area contributed by atoms with Crippen molar-refractivity contribution in [1.82, 2.24) is 4.90 Å². The van der Waals surface area contributed by atoms with Crippen LogP contribution in [0.3, 0.4) is 0 Å². The van der Waals surface area contributed by atoms with Crippen LogP contribution in [0, 0.1) is 6.92 Å². The number of likely N-dealkylation sites (tertiary alicyclic amines) is 1. The van der Waals surface area contributed by atoms with E-state index in [0.29, 0.717) is 11.5 Å². The van der Waals surface area contributed by atoms with Crippen molar-refractivity contribution in [3.05, 3.63) is 41.7 Å². The molecule has 1 aromatic heterocycles. The summed E-state index contributed by atoms with van der Waals surface area (Å²) >= 11 is 0. The second kappa shape index (κ2) is 6.11. The standard InChI is InChI=1S/C19H24N2O2/c1-12-11-15(20)7-8-16(12)17-9-10-18(23-17)19(22)21-13(2)5-4-6-14(21)3/h7-11,13-14H,4-6,20H2,1-3H3/t13-,14-/m0/s1. The summed E-state index contributed by atoms with van der Waals surface area (Å²) in [6.07, 6.45) is 3.29. The number of piperidine rings is 1. The molecule has 2 heterocycles. The molecule has 1 saturated heterocycles. The van der Waals surface area contributed by atoms with E-state index in [0.717, 1.165) is 29.7 Å². The quantitative estimate of drug-likeness (QED) is 0.844. The first-order chi connectivity index (χ1) is 11.0. The van der Waals surface area contributed by atoms with Gasteiger partial charge in [0.05, 0.1) is 0 Å². The second-order valence-electron chi connectivity index (χ2n) is 6.58. The number of benzene rings is 1. The Kier molecular flexibility index (Phi) is 4.16. The smallest absolute Gasteiger partial charge is 0.290 e. The van der Waals surface area contributed by atoms with E-state index in [1.54, 1.807) is 6.07 Å². The van der Waals surface area contributed by atoms with Gasteiger partial charge in [-0.1, -0.05) is 0 Å². The predicted octanol–water partition coefficient (Wildman–Crippen LogP) is 4.24. The zero-order valence-electron chi connectivity index (χ0n) is 14.0. The SMILES string of the molecule is Cc1cc(N)ccc1-c1ccc(C(=O)N2[C@@H](C)CCC[C@@H]2C)o1. The van der Waals surface area contributed by atoms with Gasteiger partial charge in [-0.05, 0) is 75.9 Å². The van der Waals surface area contributed by atoms with E-state index in [2.05, 4.69) is 13.8 Å². The highest BCUT2D eigenvalue weighted by molar-refractivity contribution is 5.92. The third-order valence-electron chi connectivity index (χ3n) is 4.76. The van der Waals surface area contributed by atoms with Gasteiger partial charge in [-0.3, -0.25) is 4.79 Å². The normalized spacial score (nSPS) is 21.4. The van der Waals surface area contributed by atoms with Crippen molar-refractivity contribution in [2.45, 2.75) is 52.1 Å². The number of anilines is 1. The summed E-state index contributed by atoms with van der Waals surface area (Å²) in [5.41, 5.74) is 8.53. The van der Waals surface area contributed by atoms with Crippen molar-refractivity contribution in [3.8, 4) is 11.3 Å². The molecule has 122 valence electrons. The fraction of sp³-hybridized carbons (Fsp3) is 0.421. The predicted molar refractivity (Wildman–Crippen MR) is 92.2 cm³/mol. The highest BCUT2D eigenvalue weighted by Gasteiger charge is 2.31. The molecule has 0 unspecified atom stereocenters. The van der Waals surface area contributed by atoms with Crippen LogP contribution in [0.15, 0.2) is 34.7 Å². The lowest BCUT2D eigenvalue weighted by molar-refractivity contribution is 0.0479. The number of hydrogen-bond donors (Lipinski definition) is 1. The first-order valence-corrected chi connectivity index (χ1v) is 8.26. The maximum Gasteiger partial charge on any atom is 0.290 e. The third kappa shape index (κ3) is 2.98. The number of nitrogens with two attached hydrogens (primary N) is 1. The minimum Gasteiger partial charge on any atom is -0.451 e. The Morgan fingerprint density at radius 3 is 2.52 bits per heavy atom. The Balaban J connectivity index is 1.88. The van der Waals surface area contributed by atoms with Crippen molar-refractivity contribution >= 4 is 11.6 Å². The molecule has 1 aromatic carbocycles. The summed E-state index contributed by atoms with van der Waals surface area (Å²) in [4.78, 5) is 14.8. The van der Waals surface area contributed by atoms with Gasteiger partial charge in [0.25, 0.3) is 5.91 Å². The molecule has 1 fully saturated rings. The summed E-state index contributed by atoms with van der Waals surface area (Å²) in [5.74, 6) is 1.11. The van der Waals surface area contributed by atoms with Gasteiger partial charge < -0.3 is 15.1 Å². The van der Waals surface area contributed by atoms with Crippen LogP contribution < -0.4 is 5.73 Å². The Morgan fingerprint density at radius 2 is 1.87 bits per heavy atom. The maximum atomic E-state index is 12.8. The molecular formula is C19H24N2O2. The van der Waals surface area contributed by atoms with E-state index in [4.69, 9.17) is 10.2 Å². The molecule has 23 heavy (non-hydrogen) atoms. The lowest BCUT2D eigenvalue weighted by atomic mass is 9.97. The van der Waals surface area contributed by atoms with Crippen LogP contribution in [-0.4, -0.2) is 22.9 Å². The molecule has 2 atom stereocenters. The van der Waals surface area contributed by atoms with Gasteiger partial charge in [-0.25, -0.2) is 0 Å². The van der Waals surface area contributed by atoms with E-state index in [1.807, 2.05) is 36.1 Å². The number of amides is 1. The number of aryl methyl sites for hydroxylation is 1. The summed E-state index contributed by atoms with van der Waals surface area (Å²) < 4.78 is 5.87. The van der Waals surface area contributed by atoms with Crippen LogP contribution in [0.2, 0.25) is 0 Å². The average Bonchev–Trinajstić information content (AvgIpc) is 2.96. The van der Waals surface area contributed by atoms with Crippen LogP contribution in [0.1, 0.15) is 49.2 Å². The summed E-state index contributed by atoms with van der Waals surface area (Å²) in [5, 5.41) is 0. The number of rotatable bonds is 2. The molecule has 1 amide bonds. The van der Waals surface area contributed by atoms with Gasteiger partial charge in [0.15, 0.2) is 5.76 Å². The van der Waals surface area contributed by atoms with Gasteiger partial charge in [0.1, 0.15) is 5.76 Å². The molecule has 4 nitrogen and oxygen atoms in total. The molecule has 2 aromatic rings. The molecule has 0 aliphatic carbocycles. The largest absolute Gasteiger partial charge is 0.451 e. The molecule has 0 spiro atoms. The second-order valence-corrected chi connectivity index (χ2v) is 6.58. The lowest BCUT2D eigenvalue weighted by Crippen LogP contribution is -2.47. The van der Waals surface area contributed by atoms with E-state index < -0.39 is 0 Å². The Bertz CT molecular complexity index is 710. The summed E-state index contributed by atoms with van der Waals surface area (Å²) in [6, 6.07) is 9.86. The Hall–Kier alpha value is -2.23. The first kappa shape index (κ1) is 15.7. The van der Waals surface area contributed by atoms with E-state index in [1.165, 1.54) is 6.42 Å². The molecule has 0 bridgehead atoms. The third-order valence-corrected chi connectivity index (χ3v) is 4.76. The molecular weight excluding hydrogens is 288 g/mol. The number of nitrogen functional groups attached to an aromatic ring is 1. The first-order valence-electron chi connectivity index (χ1n) is 8.26. The maximum absolute atomic E-state index is 12.8. The number of carbonyl (C=O) groups excluding carboxylic acids is 1. The van der Waals surface area contributed by atoms with Crippen molar-refractivity contribution in [3.63, 3.8) is 0 Å². The van der Waals surface area contributed by atoms with Gasteiger partial charge >= 0.3 is 0 Å². The molecule has 4 heteroatoms. The molecule has 1 aliphatic rings. The number of nitrogens with zero attached hydrogens (tertiary/aromatic N) is 1. The fourth-order valence-electron chi connectivity index (χ4n) is 3.51. The molecule has 1 aliphatic heterocycles. The van der Waals surface area contributed by atoms with Crippen LogP contribution >= 0.6 is 0 Å². The van der Waals surface area contributed by atoms with E-state index in [9.17, 15) is 4.79 Å². The lowest BCUT2D eigenvalue weighted by Gasteiger charge is -2.38. The van der Waals surface area contributed by atoms with Crippen LogP contribution in [-0.2, 0) is 0 Å². The van der Waals surface area contributed by atoms with E-state index in [-0.39, 0.29) is 18.0 Å². The van der Waals surface area contributed by atoms with Crippen LogP contribution in [0.4, 0.5) is 5.69 Å². The molecule has 2 N–H and O–H groups in total. The highest BCUT2D eigenvalue weighted by Crippen LogP contribution is 2.29. The molecule has 0 radical (unpaired) electrons. The van der Waals surface area contributed by atoms with Crippen molar-refractivity contribution in [2.24, 2.45) is 0 Å². The molecule has 0 saturated carbocycles. The van der Waals surface area contributed by atoms with Gasteiger partial charge in [-0.15, -0.1) is 0 Å². The summed E-state index contributed by atoms with van der Waals surface area (Å²) in [7, 11) is 0. The zero-order chi connectivity index (χ0) is 16.6. The highest BCUT2D eigenvalue weighted by atomic mass is 16.4. The van der Waals surface area contributed by atoms with Gasteiger partial charge in [-0.2, -0.15) is 0 Å². The molecule has 3 rings (SSSR count). The average molecular weight is 312 g/mol. The van der Waals surface area contributed by atoms with Gasteiger partial charge in [0, 0.05) is 23.3 Å². The number of hydrogen-bond acceptors (Lipinski definition) is 3. The van der Waals surface area contributed by atoms with Gasteiger partial charge in [0.2, 0.25) is 0 Å². The minimum absolute atomic E-state index is 0.0101. The zero-order valence-corrected chi connectivity index (χ0v) is 14.0. The number of furan rings is 1.